The molecule has 0 heterocycles. The summed E-state index contributed by atoms with van der Waals surface area (Å²) in [6.07, 6.45) is 2.01. The largest absolute Gasteiger partial charge is 0.493 e. The Kier molecular flexibility index (Phi) is 4.91. The Labute approximate surface area is 129 Å². The number of ether oxygens (including phenoxy) is 2. The van der Waals surface area contributed by atoms with Crippen LogP contribution in [0, 0.1) is 6.92 Å². The van der Waals surface area contributed by atoms with Crippen molar-refractivity contribution in [3.63, 3.8) is 0 Å². The van der Waals surface area contributed by atoms with Crippen molar-refractivity contribution in [2.75, 3.05) is 20.5 Å². The van der Waals surface area contributed by atoms with E-state index >= 15 is 0 Å². The molecular formula is C17H18O3S. The second kappa shape index (κ2) is 6.68. The Morgan fingerprint density at radius 3 is 2.10 bits per heavy atom. The van der Waals surface area contributed by atoms with E-state index in [0.717, 1.165) is 10.5 Å². The van der Waals surface area contributed by atoms with Crippen LogP contribution in [0.25, 0.3) is 0 Å². The highest BCUT2D eigenvalue weighted by molar-refractivity contribution is 7.98. The molecule has 0 atom stereocenters. The second-order valence-corrected chi connectivity index (χ2v) is 5.46. The summed E-state index contributed by atoms with van der Waals surface area (Å²) in [6.45, 7) is 1.89. The molecule has 3 nitrogen and oxygen atoms in total. The van der Waals surface area contributed by atoms with Crippen LogP contribution in [0.3, 0.4) is 0 Å². The molecule has 0 aliphatic carbocycles. The van der Waals surface area contributed by atoms with E-state index in [9.17, 15) is 4.79 Å². The van der Waals surface area contributed by atoms with Gasteiger partial charge in [0.25, 0.3) is 0 Å². The average Bonchev–Trinajstić information content (AvgIpc) is 2.54. The van der Waals surface area contributed by atoms with Gasteiger partial charge < -0.3 is 9.47 Å². The SMILES string of the molecule is COc1cc(C)c(C(=O)c2ccc(SC)cc2)cc1OC. The predicted molar refractivity (Wildman–Crippen MR) is 85.9 cm³/mol. The first-order chi connectivity index (χ1) is 10.1. The van der Waals surface area contributed by atoms with Gasteiger partial charge in [0, 0.05) is 16.0 Å². The summed E-state index contributed by atoms with van der Waals surface area (Å²) in [7, 11) is 3.15. The van der Waals surface area contributed by atoms with Crippen LogP contribution in [0.2, 0.25) is 0 Å². The van der Waals surface area contributed by atoms with Crippen molar-refractivity contribution in [3.05, 3.63) is 53.1 Å². The fraction of sp³-hybridized carbons (Fsp3) is 0.235. The minimum Gasteiger partial charge on any atom is -0.493 e. The van der Waals surface area contributed by atoms with Crippen molar-refractivity contribution in [3.8, 4) is 11.5 Å². The van der Waals surface area contributed by atoms with E-state index in [1.54, 1.807) is 32.0 Å². The van der Waals surface area contributed by atoms with Crippen molar-refractivity contribution >= 4 is 17.5 Å². The van der Waals surface area contributed by atoms with Gasteiger partial charge in [-0.15, -0.1) is 11.8 Å². The third-order valence-corrected chi connectivity index (χ3v) is 4.07. The van der Waals surface area contributed by atoms with Crippen LogP contribution in [0.1, 0.15) is 21.5 Å². The number of carbonyl (C=O) groups is 1. The highest BCUT2D eigenvalue weighted by Crippen LogP contribution is 2.31. The molecule has 4 heteroatoms. The number of carbonyl (C=O) groups excluding carboxylic acids is 1. The Hall–Kier alpha value is -1.94. The van der Waals surface area contributed by atoms with Crippen molar-refractivity contribution < 1.29 is 14.3 Å². The Balaban J connectivity index is 2.42. The van der Waals surface area contributed by atoms with Gasteiger partial charge in [-0.05, 0) is 55.1 Å². The Morgan fingerprint density at radius 1 is 1.00 bits per heavy atom. The highest BCUT2D eigenvalue weighted by atomic mass is 32.2. The fourth-order valence-corrected chi connectivity index (χ4v) is 2.53. The Bertz CT molecular complexity index is 648. The van der Waals surface area contributed by atoms with Crippen molar-refractivity contribution in [2.45, 2.75) is 11.8 Å². The molecule has 0 aliphatic rings. The molecule has 2 aromatic carbocycles. The number of rotatable bonds is 5. The number of hydrogen-bond acceptors (Lipinski definition) is 4. The van der Waals surface area contributed by atoms with Gasteiger partial charge >= 0.3 is 0 Å². The highest BCUT2D eigenvalue weighted by Gasteiger charge is 2.16. The third-order valence-electron chi connectivity index (χ3n) is 3.33. The smallest absolute Gasteiger partial charge is 0.193 e. The van der Waals surface area contributed by atoms with Crippen LogP contribution < -0.4 is 9.47 Å². The molecule has 0 aromatic heterocycles. The molecule has 2 rings (SSSR count). The zero-order valence-electron chi connectivity index (χ0n) is 12.6. The van der Waals surface area contributed by atoms with E-state index < -0.39 is 0 Å². The summed E-state index contributed by atoms with van der Waals surface area (Å²) in [4.78, 5) is 13.8. The molecule has 0 saturated carbocycles. The molecule has 0 radical (unpaired) electrons. The molecular weight excluding hydrogens is 284 g/mol. The molecule has 0 fully saturated rings. The Morgan fingerprint density at radius 2 is 1.57 bits per heavy atom. The molecule has 0 bridgehead atoms. The lowest BCUT2D eigenvalue weighted by Gasteiger charge is -2.12. The van der Waals surface area contributed by atoms with E-state index in [2.05, 4.69) is 0 Å². The van der Waals surface area contributed by atoms with Crippen molar-refractivity contribution in [2.24, 2.45) is 0 Å². The van der Waals surface area contributed by atoms with Gasteiger partial charge in [-0.1, -0.05) is 0 Å². The van der Waals surface area contributed by atoms with E-state index in [-0.39, 0.29) is 5.78 Å². The van der Waals surface area contributed by atoms with Crippen LogP contribution in [-0.2, 0) is 0 Å². The van der Waals surface area contributed by atoms with Crippen LogP contribution in [0.4, 0.5) is 0 Å². The van der Waals surface area contributed by atoms with Gasteiger partial charge in [0.1, 0.15) is 0 Å². The minimum absolute atomic E-state index is 0.0129. The van der Waals surface area contributed by atoms with Crippen molar-refractivity contribution in [1.82, 2.24) is 0 Å². The number of thioether (sulfide) groups is 1. The molecule has 2 aromatic rings. The maximum absolute atomic E-state index is 12.6. The van der Waals surface area contributed by atoms with E-state index in [1.807, 2.05) is 43.5 Å². The summed E-state index contributed by atoms with van der Waals surface area (Å²) in [5.74, 6) is 1.18. The number of aryl methyl sites for hydroxylation is 1. The molecule has 0 unspecified atom stereocenters. The number of hydrogen-bond donors (Lipinski definition) is 0. The maximum atomic E-state index is 12.6. The first kappa shape index (κ1) is 15.4. The molecule has 110 valence electrons. The molecule has 0 N–H and O–H groups in total. The number of ketones is 1. The fourth-order valence-electron chi connectivity index (χ4n) is 2.12. The zero-order valence-corrected chi connectivity index (χ0v) is 13.4. The molecule has 21 heavy (non-hydrogen) atoms. The van der Waals surface area contributed by atoms with Crippen LogP contribution in [0.5, 0.6) is 11.5 Å². The van der Waals surface area contributed by atoms with Crippen LogP contribution in [0.15, 0.2) is 41.3 Å². The topological polar surface area (TPSA) is 35.5 Å². The summed E-state index contributed by atoms with van der Waals surface area (Å²) < 4.78 is 10.5. The lowest BCUT2D eigenvalue weighted by atomic mass is 9.98. The second-order valence-electron chi connectivity index (χ2n) is 4.58. The van der Waals surface area contributed by atoms with Gasteiger partial charge in [-0.3, -0.25) is 4.79 Å². The summed E-state index contributed by atoms with van der Waals surface area (Å²) in [6, 6.07) is 11.2. The third kappa shape index (κ3) is 3.22. The number of methoxy groups -OCH3 is 2. The molecule has 0 aliphatic heterocycles. The first-order valence-electron chi connectivity index (χ1n) is 6.52. The lowest BCUT2D eigenvalue weighted by molar-refractivity contribution is 0.103. The summed E-state index contributed by atoms with van der Waals surface area (Å²) >= 11 is 1.65. The van der Waals surface area contributed by atoms with Gasteiger partial charge in [0.05, 0.1) is 14.2 Å². The van der Waals surface area contributed by atoms with E-state index in [4.69, 9.17) is 9.47 Å². The predicted octanol–water partition coefficient (Wildman–Crippen LogP) is 3.97. The normalized spacial score (nSPS) is 10.3. The zero-order chi connectivity index (χ0) is 15.4. The average molecular weight is 302 g/mol. The first-order valence-corrected chi connectivity index (χ1v) is 7.74. The molecule has 0 amide bonds. The lowest BCUT2D eigenvalue weighted by Crippen LogP contribution is -2.05. The minimum atomic E-state index is -0.0129. The molecule has 0 spiro atoms. The van der Waals surface area contributed by atoms with Gasteiger partial charge in [0.15, 0.2) is 17.3 Å². The maximum Gasteiger partial charge on any atom is 0.193 e. The van der Waals surface area contributed by atoms with Crippen LogP contribution in [-0.4, -0.2) is 26.3 Å². The van der Waals surface area contributed by atoms with Gasteiger partial charge in [-0.25, -0.2) is 0 Å². The van der Waals surface area contributed by atoms with E-state index in [1.165, 1.54) is 0 Å². The summed E-state index contributed by atoms with van der Waals surface area (Å²) in [5.41, 5.74) is 2.17. The molecule has 0 saturated heterocycles. The van der Waals surface area contributed by atoms with Gasteiger partial charge in [0.2, 0.25) is 0 Å². The monoisotopic (exact) mass is 302 g/mol. The van der Waals surface area contributed by atoms with Gasteiger partial charge in [-0.2, -0.15) is 0 Å². The number of benzene rings is 2. The quantitative estimate of drug-likeness (QED) is 0.618. The van der Waals surface area contributed by atoms with Crippen molar-refractivity contribution in [1.29, 1.82) is 0 Å². The van der Waals surface area contributed by atoms with Crippen LogP contribution >= 0.6 is 11.8 Å². The standard InChI is InChI=1S/C17H18O3S/c1-11-9-15(19-2)16(20-3)10-14(11)17(18)12-5-7-13(21-4)8-6-12/h5-10H,1-4H3. The van der Waals surface area contributed by atoms with E-state index in [0.29, 0.717) is 22.6 Å². The summed E-state index contributed by atoms with van der Waals surface area (Å²) in [5, 5.41) is 0.